The van der Waals surface area contributed by atoms with E-state index < -0.39 is 6.10 Å². The quantitative estimate of drug-likeness (QED) is 0.849. The molecule has 23 heavy (non-hydrogen) atoms. The number of hydrogen-bond acceptors (Lipinski definition) is 4. The highest BCUT2D eigenvalue weighted by Gasteiger charge is 2.18. The molecule has 1 heterocycles. The van der Waals surface area contributed by atoms with Gasteiger partial charge in [-0.05, 0) is 42.4 Å². The minimum absolute atomic E-state index is 0.658. The highest BCUT2D eigenvalue weighted by Crippen LogP contribution is 2.30. The van der Waals surface area contributed by atoms with Crippen molar-refractivity contribution in [1.29, 1.82) is 0 Å². The van der Waals surface area contributed by atoms with E-state index in [1.54, 1.807) is 12.1 Å². The van der Waals surface area contributed by atoms with Crippen LogP contribution in [0.3, 0.4) is 0 Å². The summed E-state index contributed by atoms with van der Waals surface area (Å²) in [5.74, 6) is 0. The maximum atomic E-state index is 10.5. The Morgan fingerprint density at radius 1 is 1.00 bits per heavy atom. The van der Waals surface area contributed by atoms with Crippen LogP contribution in [0.4, 0.5) is 11.4 Å². The van der Waals surface area contributed by atoms with Gasteiger partial charge in [-0.25, -0.2) is 0 Å². The summed E-state index contributed by atoms with van der Waals surface area (Å²) in [6.07, 6.45) is -0.698. The SMILES string of the molecule is CN1CCN(c2ccc(C(O)c3ccc(Cl)cc3)cc2N)CC1. The van der Waals surface area contributed by atoms with Crippen molar-refractivity contribution in [2.24, 2.45) is 0 Å². The second kappa shape index (κ2) is 6.79. The van der Waals surface area contributed by atoms with Crippen molar-refractivity contribution in [2.45, 2.75) is 6.10 Å². The molecule has 0 radical (unpaired) electrons. The van der Waals surface area contributed by atoms with Crippen molar-refractivity contribution in [3.63, 3.8) is 0 Å². The number of aliphatic hydroxyl groups is 1. The molecule has 0 amide bonds. The Morgan fingerprint density at radius 3 is 2.22 bits per heavy atom. The first-order valence-electron chi connectivity index (χ1n) is 7.81. The zero-order valence-electron chi connectivity index (χ0n) is 13.2. The van der Waals surface area contributed by atoms with E-state index in [0.717, 1.165) is 43.0 Å². The van der Waals surface area contributed by atoms with E-state index in [-0.39, 0.29) is 0 Å². The molecule has 1 aliphatic heterocycles. The summed E-state index contributed by atoms with van der Waals surface area (Å²) in [5.41, 5.74) is 9.59. The van der Waals surface area contributed by atoms with Gasteiger partial charge in [0.2, 0.25) is 0 Å². The lowest BCUT2D eigenvalue weighted by Crippen LogP contribution is -2.44. The molecule has 0 spiro atoms. The Balaban J connectivity index is 1.80. The Labute approximate surface area is 142 Å². The Kier molecular flexibility index (Phi) is 4.76. The lowest BCUT2D eigenvalue weighted by Gasteiger charge is -2.34. The van der Waals surface area contributed by atoms with Gasteiger partial charge in [0.15, 0.2) is 0 Å². The number of nitrogens with zero attached hydrogens (tertiary/aromatic N) is 2. The number of piperazine rings is 1. The third-order valence-electron chi connectivity index (χ3n) is 4.40. The fourth-order valence-corrected chi connectivity index (χ4v) is 3.04. The number of anilines is 2. The summed E-state index contributed by atoms with van der Waals surface area (Å²) in [6, 6.07) is 13.0. The van der Waals surface area contributed by atoms with Crippen LogP contribution in [-0.2, 0) is 0 Å². The number of rotatable bonds is 3. The number of benzene rings is 2. The fraction of sp³-hybridized carbons (Fsp3) is 0.333. The van der Waals surface area contributed by atoms with Gasteiger partial charge in [0, 0.05) is 31.2 Å². The van der Waals surface area contributed by atoms with Gasteiger partial charge in [-0.3, -0.25) is 0 Å². The first kappa shape index (κ1) is 16.1. The molecular formula is C18H22ClN3O. The molecule has 0 bridgehead atoms. The number of hydrogen-bond donors (Lipinski definition) is 2. The van der Waals surface area contributed by atoms with Crippen LogP contribution in [0, 0.1) is 0 Å². The van der Waals surface area contributed by atoms with E-state index in [2.05, 4.69) is 16.8 Å². The molecule has 3 rings (SSSR count). The first-order valence-corrected chi connectivity index (χ1v) is 8.19. The molecule has 122 valence electrons. The molecule has 1 unspecified atom stereocenters. The van der Waals surface area contributed by atoms with E-state index in [1.807, 2.05) is 30.3 Å². The summed E-state index contributed by atoms with van der Waals surface area (Å²) in [7, 11) is 2.13. The summed E-state index contributed by atoms with van der Waals surface area (Å²) < 4.78 is 0. The van der Waals surface area contributed by atoms with Crippen LogP contribution < -0.4 is 10.6 Å². The van der Waals surface area contributed by atoms with E-state index in [1.165, 1.54) is 0 Å². The number of nitrogens with two attached hydrogens (primary N) is 1. The predicted octanol–water partition coefficient (Wildman–Crippen LogP) is 2.76. The topological polar surface area (TPSA) is 52.7 Å². The van der Waals surface area contributed by atoms with Gasteiger partial charge >= 0.3 is 0 Å². The summed E-state index contributed by atoms with van der Waals surface area (Å²) in [6.45, 7) is 4.02. The zero-order chi connectivity index (χ0) is 16.4. The van der Waals surface area contributed by atoms with Crippen LogP contribution in [0.15, 0.2) is 42.5 Å². The molecule has 1 fully saturated rings. The lowest BCUT2D eigenvalue weighted by molar-refractivity contribution is 0.220. The standard InChI is InChI=1S/C18H22ClN3O/c1-21-8-10-22(11-9-21)17-7-4-14(12-16(17)20)18(23)13-2-5-15(19)6-3-13/h2-7,12,18,23H,8-11,20H2,1H3. The number of aliphatic hydroxyl groups excluding tert-OH is 1. The Hall–Kier alpha value is -1.75. The molecule has 0 saturated carbocycles. The first-order chi connectivity index (χ1) is 11.0. The van der Waals surface area contributed by atoms with Gasteiger partial charge in [0.1, 0.15) is 6.10 Å². The van der Waals surface area contributed by atoms with Crippen LogP contribution in [0.25, 0.3) is 0 Å². The third kappa shape index (κ3) is 3.61. The maximum Gasteiger partial charge on any atom is 0.104 e. The number of likely N-dealkylation sites (N-methyl/N-ethyl adjacent to an activating group) is 1. The van der Waals surface area contributed by atoms with Gasteiger partial charge in [-0.1, -0.05) is 29.8 Å². The highest BCUT2D eigenvalue weighted by atomic mass is 35.5. The van der Waals surface area contributed by atoms with Crippen LogP contribution in [0.1, 0.15) is 17.2 Å². The van der Waals surface area contributed by atoms with Gasteiger partial charge < -0.3 is 20.6 Å². The van der Waals surface area contributed by atoms with Gasteiger partial charge in [-0.15, -0.1) is 0 Å². The monoisotopic (exact) mass is 331 g/mol. The van der Waals surface area contributed by atoms with Gasteiger partial charge in [0.25, 0.3) is 0 Å². The van der Waals surface area contributed by atoms with E-state index in [4.69, 9.17) is 17.3 Å². The summed E-state index contributed by atoms with van der Waals surface area (Å²) in [5, 5.41) is 11.2. The predicted molar refractivity (Wildman–Crippen MR) is 96.1 cm³/mol. The molecule has 0 aromatic heterocycles. The third-order valence-corrected chi connectivity index (χ3v) is 4.65. The minimum atomic E-state index is -0.698. The molecule has 1 aliphatic rings. The maximum absolute atomic E-state index is 10.5. The molecule has 1 atom stereocenters. The van der Waals surface area contributed by atoms with Crippen molar-refractivity contribution in [2.75, 3.05) is 43.9 Å². The molecule has 2 aromatic rings. The highest BCUT2D eigenvalue weighted by molar-refractivity contribution is 6.30. The zero-order valence-corrected chi connectivity index (χ0v) is 14.0. The Morgan fingerprint density at radius 2 is 1.61 bits per heavy atom. The van der Waals surface area contributed by atoms with Crippen LogP contribution in [0.5, 0.6) is 0 Å². The minimum Gasteiger partial charge on any atom is -0.397 e. The lowest BCUT2D eigenvalue weighted by atomic mass is 10.0. The van der Waals surface area contributed by atoms with E-state index >= 15 is 0 Å². The molecule has 5 heteroatoms. The molecule has 2 aromatic carbocycles. The molecule has 3 N–H and O–H groups in total. The van der Waals surface area contributed by atoms with Crippen molar-refractivity contribution in [1.82, 2.24) is 4.90 Å². The molecular weight excluding hydrogens is 310 g/mol. The molecule has 4 nitrogen and oxygen atoms in total. The Bertz CT molecular complexity index is 666. The fourth-order valence-electron chi connectivity index (χ4n) is 2.92. The molecule has 0 aliphatic carbocycles. The van der Waals surface area contributed by atoms with E-state index in [9.17, 15) is 5.11 Å². The summed E-state index contributed by atoms with van der Waals surface area (Å²) >= 11 is 5.89. The number of nitrogen functional groups attached to an aromatic ring is 1. The second-order valence-electron chi connectivity index (χ2n) is 6.06. The number of halogens is 1. The van der Waals surface area contributed by atoms with Crippen molar-refractivity contribution in [3.05, 3.63) is 58.6 Å². The van der Waals surface area contributed by atoms with Crippen LogP contribution in [-0.4, -0.2) is 43.2 Å². The average Bonchev–Trinajstić information content (AvgIpc) is 2.56. The van der Waals surface area contributed by atoms with Crippen molar-refractivity contribution >= 4 is 23.0 Å². The average molecular weight is 332 g/mol. The van der Waals surface area contributed by atoms with Crippen molar-refractivity contribution in [3.8, 4) is 0 Å². The second-order valence-corrected chi connectivity index (χ2v) is 6.50. The smallest absolute Gasteiger partial charge is 0.104 e. The van der Waals surface area contributed by atoms with Gasteiger partial charge in [0.05, 0.1) is 11.4 Å². The van der Waals surface area contributed by atoms with Crippen LogP contribution in [0.2, 0.25) is 5.02 Å². The van der Waals surface area contributed by atoms with Gasteiger partial charge in [-0.2, -0.15) is 0 Å². The normalized spacial score (nSPS) is 17.3. The molecule has 1 saturated heterocycles. The largest absolute Gasteiger partial charge is 0.397 e. The summed E-state index contributed by atoms with van der Waals surface area (Å²) in [4.78, 5) is 4.61. The van der Waals surface area contributed by atoms with Crippen molar-refractivity contribution < 1.29 is 5.11 Å². The van der Waals surface area contributed by atoms with E-state index in [0.29, 0.717) is 10.7 Å². The van der Waals surface area contributed by atoms with Crippen LogP contribution >= 0.6 is 11.6 Å².